The van der Waals surface area contributed by atoms with Crippen LogP contribution in [0, 0.1) is 5.41 Å². The van der Waals surface area contributed by atoms with E-state index < -0.39 is 11.5 Å². The molecule has 5 heteroatoms. The summed E-state index contributed by atoms with van der Waals surface area (Å²) in [4.78, 5) is 28.3. The summed E-state index contributed by atoms with van der Waals surface area (Å²) in [6.45, 7) is 6.28. The molecule has 0 fully saturated rings. The highest BCUT2D eigenvalue weighted by atomic mass is 16.4. The molecule has 16 heavy (non-hydrogen) atoms. The van der Waals surface area contributed by atoms with E-state index in [2.05, 4.69) is 30.7 Å². The number of aromatic carboxylic acids is 1. The SMILES string of the molecule is CC(C)(C)CCc1ncc(C(=O)O)c(=O)[nH]1. The predicted molar refractivity (Wildman–Crippen MR) is 59.6 cm³/mol. The maximum atomic E-state index is 11.3. The zero-order valence-corrected chi connectivity index (χ0v) is 9.70. The van der Waals surface area contributed by atoms with Crippen LogP contribution in [-0.4, -0.2) is 21.0 Å². The molecule has 1 aromatic heterocycles. The van der Waals surface area contributed by atoms with E-state index in [4.69, 9.17) is 5.11 Å². The van der Waals surface area contributed by atoms with E-state index in [-0.39, 0.29) is 11.0 Å². The van der Waals surface area contributed by atoms with Crippen LogP contribution in [0.1, 0.15) is 43.4 Å². The number of H-pyrrole nitrogens is 1. The first kappa shape index (κ1) is 12.4. The number of aryl methyl sites for hydroxylation is 1. The second-order valence-corrected chi connectivity index (χ2v) is 4.94. The lowest BCUT2D eigenvalue weighted by molar-refractivity contribution is 0.0694. The zero-order chi connectivity index (χ0) is 12.3. The Balaban J connectivity index is 2.82. The van der Waals surface area contributed by atoms with Crippen LogP contribution in [0.25, 0.3) is 0 Å². The summed E-state index contributed by atoms with van der Waals surface area (Å²) in [5, 5.41) is 8.66. The Morgan fingerprint density at radius 2 is 2.12 bits per heavy atom. The van der Waals surface area contributed by atoms with Gasteiger partial charge in [-0.3, -0.25) is 4.79 Å². The molecule has 0 unspecified atom stereocenters. The molecule has 0 spiro atoms. The zero-order valence-electron chi connectivity index (χ0n) is 9.70. The second kappa shape index (κ2) is 4.47. The third kappa shape index (κ3) is 3.49. The van der Waals surface area contributed by atoms with Crippen LogP contribution in [0.15, 0.2) is 11.0 Å². The fourth-order valence-corrected chi connectivity index (χ4v) is 1.20. The van der Waals surface area contributed by atoms with Crippen LogP contribution in [0.2, 0.25) is 0 Å². The van der Waals surface area contributed by atoms with Gasteiger partial charge in [-0.15, -0.1) is 0 Å². The van der Waals surface area contributed by atoms with E-state index in [0.29, 0.717) is 12.2 Å². The summed E-state index contributed by atoms with van der Waals surface area (Å²) < 4.78 is 0. The van der Waals surface area contributed by atoms with Crippen molar-refractivity contribution in [3.63, 3.8) is 0 Å². The number of aromatic amines is 1. The van der Waals surface area contributed by atoms with E-state index in [1.165, 1.54) is 0 Å². The second-order valence-electron chi connectivity index (χ2n) is 4.94. The molecule has 0 bridgehead atoms. The standard InChI is InChI=1S/C11H16N2O3/c1-11(2,3)5-4-8-12-6-7(10(15)16)9(14)13-8/h6H,4-5H2,1-3H3,(H,15,16)(H,12,13,14). The van der Waals surface area contributed by atoms with Gasteiger partial charge in [-0.05, 0) is 11.8 Å². The first-order chi connectivity index (χ1) is 7.29. The predicted octanol–water partition coefficient (Wildman–Crippen LogP) is 1.45. The normalized spacial score (nSPS) is 11.4. The van der Waals surface area contributed by atoms with Crippen LogP contribution < -0.4 is 5.56 Å². The van der Waals surface area contributed by atoms with Crippen molar-refractivity contribution in [2.45, 2.75) is 33.6 Å². The lowest BCUT2D eigenvalue weighted by atomic mass is 9.90. The van der Waals surface area contributed by atoms with Crippen molar-refractivity contribution in [3.8, 4) is 0 Å². The van der Waals surface area contributed by atoms with E-state index in [0.717, 1.165) is 12.6 Å². The van der Waals surface area contributed by atoms with Crippen LogP contribution >= 0.6 is 0 Å². The molecule has 0 atom stereocenters. The Morgan fingerprint density at radius 1 is 1.50 bits per heavy atom. The van der Waals surface area contributed by atoms with Gasteiger partial charge >= 0.3 is 5.97 Å². The van der Waals surface area contributed by atoms with Gasteiger partial charge in [0.15, 0.2) is 0 Å². The van der Waals surface area contributed by atoms with Gasteiger partial charge in [-0.1, -0.05) is 20.8 Å². The van der Waals surface area contributed by atoms with Crippen LogP contribution in [0.5, 0.6) is 0 Å². The van der Waals surface area contributed by atoms with Crippen molar-refractivity contribution in [3.05, 3.63) is 27.9 Å². The number of carboxylic acids is 1. The van der Waals surface area contributed by atoms with Crippen LogP contribution in [0.3, 0.4) is 0 Å². The largest absolute Gasteiger partial charge is 0.477 e. The smallest absolute Gasteiger partial charge is 0.342 e. The van der Waals surface area contributed by atoms with E-state index in [1.807, 2.05) is 0 Å². The molecule has 5 nitrogen and oxygen atoms in total. The molecule has 1 rings (SSSR count). The summed E-state index contributed by atoms with van der Waals surface area (Å²) in [5.74, 6) is -0.721. The maximum absolute atomic E-state index is 11.3. The van der Waals surface area contributed by atoms with Gasteiger partial charge in [0.1, 0.15) is 11.4 Å². The summed E-state index contributed by atoms with van der Waals surface area (Å²) in [5.41, 5.74) is -0.754. The van der Waals surface area contributed by atoms with E-state index >= 15 is 0 Å². The highest BCUT2D eigenvalue weighted by Crippen LogP contribution is 2.19. The number of hydrogen-bond donors (Lipinski definition) is 2. The van der Waals surface area contributed by atoms with E-state index in [9.17, 15) is 9.59 Å². The van der Waals surface area contributed by atoms with Crippen LogP contribution in [-0.2, 0) is 6.42 Å². The van der Waals surface area contributed by atoms with Gasteiger partial charge in [-0.25, -0.2) is 9.78 Å². The quantitative estimate of drug-likeness (QED) is 0.813. The summed E-state index contributed by atoms with van der Waals surface area (Å²) >= 11 is 0. The Kier molecular flexibility index (Phi) is 3.47. The number of hydrogen-bond acceptors (Lipinski definition) is 3. The first-order valence-electron chi connectivity index (χ1n) is 5.11. The molecule has 1 heterocycles. The third-order valence-corrected chi connectivity index (χ3v) is 2.19. The summed E-state index contributed by atoms with van der Waals surface area (Å²) in [6, 6.07) is 0. The highest BCUT2D eigenvalue weighted by molar-refractivity contribution is 5.86. The Morgan fingerprint density at radius 3 is 2.56 bits per heavy atom. The minimum Gasteiger partial charge on any atom is -0.477 e. The van der Waals surface area contributed by atoms with Crippen LogP contribution in [0.4, 0.5) is 0 Å². The average Bonchev–Trinajstić information content (AvgIpc) is 2.13. The monoisotopic (exact) mass is 224 g/mol. The molecule has 0 radical (unpaired) electrons. The summed E-state index contributed by atoms with van der Waals surface area (Å²) in [7, 11) is 0. The molecule has 0 saturated heterocycles. The molecular weight excluding hydrogens is 208 g/mol. The number of aromatic nitrogens is 2. The van der Waals surface area contributed by atoms with Gasteiger partial charge < -0.3 is 10.1 Å². The third-order valence-electron chi connectivity index (χ3n) is 2.19. The molecule has 0 saturated carbocycles. The van der Waals surface area contributed by atoms with Crippen molar-refractivity contribution in [1.82, 2.24) is 9.97 Å². The minimum atomic E-state index is -1.25. The molecule has 0 aliphatic heterocycles. The number of carbonyl (C=O) groups is 1. The van der Waals surface area contributed by atoms with Gasteiger partial charge in [0.2, 0.25) is 0 Å². The molecule has 0 amide bonds. The molecule has 2 N–H and O–H groups in total. The Hall–Kier alpha value is -1.65. The maximum Gasteiger partial charge on any atom is 0.342 e. The molecule has 0 aliphatic rings. The highest BCUT2D eigenvalue weighted by Gasteiger charge is 2.13. The van der Waals surface area contributed by atoms with Gasteiger partial charge in [0.05, 0.1) is 0 Å². The van der Waals surface area contributed by atoms with Crippen molar-refractivity contribution >= 4 is 5.97 Å². The van der Waals surface area contributed by atoms with Crippen molar-refractivity contribution in [2.24, 2.45) is 5.41 Å². The number of nitrogens with zero attached hydrogens (tertiary/aromatic N) is 1. The molecular formula is C11H16N2O3. The topological polar surface area (TPSA) is 83.0 Å². The van der Waals surface area contributed by atoms with Gasteiger partial charge in [-0.2, -0.15) is 0 Å². The van der Waals surface area contributed by atoms with Crippen molar-refractivity contribution in [1.29, 1.82) is 0 Å². The fourth-order valence-electron chi connectivity index (χ4n) is 1.20. The van der Waals surface area contributed by atoms with Gasteiger partial charge in [0, 0.05) is 12.6 Å². The Labute approximate surface area is 93.5 Å². The fraction of sp³-hybridized carbons (Fsp3) is 0.545. The van der Waals surface area contributed by atoms with Gasteiger partial charge in [0.25, 0.3) is 5.56 Å². The number of rotatable bonds is 3. The first-order valence-corrected chi connectivity index (χ1v) is 5.11. The average molecular weight is 224 g/mol. The molecule has 1 aromatic rings. The molecule has 88 valence electrons. The Bertz CT molecular complexity index is 443. The minimum absolute atomic E-state index is 0.157. The van der Waals surface area contributed by atoms with Crippen molar-refractivity contribution in [2.75, 3.05) is 0 Å². The molecule has 0 aliphatic carbocycles. The summed E-state index contributed by atoms with van der Waals surface area (Å²) in [6.07, 6.45) is 2.63. The lowest BCUT2D eigenvalue weighted by Gasteiger charge is -2.16. The molecule has 0 aromatic carbocycles. The number of nitrogens with one attached hydrogen (secondary N) is 1. The van der Waals surface area contributed by atoms with E-state index in [1.54, 1.807) is 0 Å². The number of carboxylic acid groups (broad SMARTS) is 1. The lowest BCUT2D eigenvalue weighted by Crippen LogP contribution is -2.20. The van der Waals surface area contributed by atoms with Crippen molar-refractivity contribution < 1.29 is 9.90 Å².